The van der Waals surface area contributed by atoms with E-state index in [9.17, 15) is 15.2 Å². The fraction of sp³-hybridized carbons (Fsp3) is 0.286. The van der Waals surface area contributed by atoms with Crippen LogP contribution in [0.2, 0.25) is 0 Å². The molecule has 11 nitrogen and oxygen atoms in total. The maximum atomic E-state index is 11.7. The standard InChI is InChI=1S/C28H28N8O3/c1-18-20(14-29)7-4-10-22(18)23-13-24(32-28(30)31-23)25-16-35(34-33-25)15-19-5-2-8-21(9-3-6-19)36-11-12-39-17-26(36)27(37)38/h2,4-8,10,13,16,26H,3,9,11-12,15,17H2,1H3,(H,37,38)(H2,30,31,32). The number of rotatable bonds is 6. The summed E-state index contributed by atoms with van der Waals surface area (Å²) in [5.74, 6) is -0.763. The Bertz CT molecular complexity index is 1530. The second-order valence-corrected chi connectivity index (χ2v) is 9.35. The van der Waals surface area contributed by atoms with Gasteiger partial charge < -0.3 is 20.5 Å². The van der Waals surface area contributed by atoms with Crippen LogP contribution < -0.4 is 5.73 Å². The summed E-state index contributed by atoms with van der Waals surface area (Å²) in [5, 5.41) is 27.5. The second-order valence-electron chi connectivity index (χ2n) is 9.35. The number of anilines is 1. The number of nitriles is 1. The summed E-state index contributed by atoms with van der Waals surface area (Å²) in [5.41, 5.74) is 12.0. The lowest BCUT2D eigenvalue weighted by atomic mass is 10.00. The molecule has 39 heavy (non-hydrogen) atoms. The average molecular weight is 525 g/mol. The number of nitrogen functional groups attached to an aromatic ring is 1. The lowest BCUT2D eigenvalue weighted by molar-refractivity contribution is -0.148. The average Bonchev–Trinajstić information content (AvgIpc) is 3.38. The molecule has 11 heteroatoms. The zero-order valence-corrected chi connectivity index (χ0v) is 21.5. The molecule has 1 saturated heterocycles. The highest BCUT2D eigenvalue weighted by atomic mass is 16.5. The first-order valence-electron chi connectivity index (χ1n) is 12.6. The van der Waals surface area contributed by atoms with Crippen LogP contribution in [0.5, 0.6) is 0 Å². The number of nitrogens with two attached hydrogens (primary N) is 1. The van der Waals surface area contributed by atoms with E-state index in [2.05, 4.69) is 32.4 Å². The molecule has 198 valence electrons. The maximum absolute atomic E-state index is 11.7. The molecule has 2 aromatic heterocycles. The van der Waals surface area contributed by atoms with Gasteiger partial charge in [-0.15, -0.1) is 5.10 Å². The normalized spacial score (nSPS) is 17.5. The fourth-order valence-corrected chi connectivity index (χ4v) is 4.80. The molecular formula is C28H28N8O3. The predicted octanol–water partition coefficient (Wildman–Crippen LogP) is 3.11. The Morgan fingerprint density at radius 2 is 2.13 bits per heavy atom. The first-order valence-corrected chi connectivity index (χ1v) is 12.6. The number of carboxylic acids is 1. The molecule has 0 amide bonds. The molecule has 1 aliphatic heterocycles. The summed E-state index contributed by atoms with van der Waals surface area (Å²) in [6, 6.07) is 8.81. The molecule has 0 saturated carbocycles. The number of carbonyl (C=O) groups is 1. The molecule has 1 aliphatic carbocycles. The van der Waals surface area contributed by atoms with Crippen LogP contribution in [0.4, 0.5) is 5.95 Å². The van der Waals surface area contributed by atoms with Gasteiger partial charge >= 0.3 is 5.97 Å². The first kappa shape index (κ1) is 25.8. The Kier molecular flexibility index (Phi) is 7.47. The quantitative estimate of drug-likeness (QED) is 0.491. The highest BCUT2D eigenvalue weighted by Crippen LogP contribution is 2.28. The maximum Gasteiger partial charge on any atom is 0.328 e. The van der Waals surface area contributed by atoms with E-state index in [1.165, 1.54) is 0 Å². The van der Waals surface area contributed by atoms with Crippen molar-refractivity contribution in [3.63, 3.8) is 0 Å². The molecule has 3 heterocycles. The monoisotopic (exact) mass is 524 g/mol. The minimum atomic E-state index is -0.872. The second kappa shape index (κ2) is 11.3. The summed E-state index contributed by atoms with van der Waals surface area (Å²) in [7, 11) is 0. The fourth-order valence-electron chi connectivity index (χ4n) is 4.80. The Morgan fingerprint density at radius 3 is 2.95 bits per heavy atom. The van der Waals surface area contributed by atoms with Crippen molar-refractivity contribution in [3.8, 4) is 28.7 Å². The number of aromatic nitrogens is 5. The smallest absolute Gasteiger partial charge is 0.328 e. The molecule has 3 aromatic rings. The minimum absolute atomic E-state index is 0.109. The zero-order valence-electron chi connectivity index (χ0n) is 21.5. The SMILES string of the molecule is Cc1c(C#N)cccc1-c1cc(-c2cn(CC3=CCCC(N4CCOCC4C(=O)O)=CC=C3)nn2)nc(N)n1. The van der Waals surface area contributed by atoms with Crippen LogP contribution in [0.3, 0.4) is 0 Å². The predicted molar refractivity (Wildman–Crippen MR) is 144 cm³/mol. The molecule has 1 atom stereocenters. The van der Waals surface area contributed by atoms with E-state index in [-0.39, 0.29) is 12.6 Å². The number of nitrogens with zero attached hydrogens (tertiary/aromatic N) is 7. The molecule has 1 unspecified atom stereocenters. The molecular weight excluding hydrogens is 496 g/mol. The van der Waals surface area contributed by atoms with Crippen molar-refractivity contribution in [2.45, 2.75) is 32.4 Å². The lowest BCUT2D eigenvalue weighted by Gasteiger charge is -2.36. The third kappa shape index (κ3) is 5.71. The molecule has 0 spiro atoms. The van der Waals surface area contributed by atoms with E-state index in [0.29, 0.717) is 42.3 Å². The highest BCUT2D eigenvalue weighted by Gasteiger charge is 2.30. The summed E-state index contributed by atoms with van der Waals surface area (Å²) in [6.07, 6.45) is 11.4. The summed E-state index contributed by atoms with van der Waals surface area (Å²) in [4.78, 5) is 22.3. The lowest BCUT2D eigenvalue weighted by Crippen LogP contribution is -2.49. The number of hydrogen-bond donors (Lipinski definition) is 2. The topological polar surface area (TPSA) is 156 Å². The third-order valence-corrected chi connectivity index (χ3v) is 6.81. The Morgan fingerprint density at radius 1 is 1.28 bits per heavy atom. The van der Waals surface area contributed by atoms with Crippen LogP contribution in [0.25, 0.3) is 22.6 Å². The number of benzene rings is 1. The minimum Gasteiger partial charge on any atom is -0.480 e. The molecule has 2 aliphatic rings. The van der Waals surface area contributed by atoms with E-state index in [0.717, 1.165) is 35.2 Å². The van der Waals surface area contributed by atoms with Crippen LogP contribution >= 0.6 is 0 Å². The number of hydrogen-bond acceptors (Lipinski definition) is 9. The number of aliphatic carboxylic acids is 1. The van der Waals surface area contributed by atoms with E-state index < -0.39 is 12.0 Å². The Balaban J connectivity index is 1.32. The van der Waals surface area contributed by atoms with Gasteiger partial charge in [-0.2, -0.15) is 5.26 Å². The van der Waals surface area contributed by atoms with Crippen LogP contribution in [-0.4, -0.2) is 66.7 Å². The largest absolute Gasteiger partial charge is 0.480 e. The van der Waals surface area contributed by atoms with Gasteiger partial charge in [-0.1, -0.05) is 35.6 Å². The van der Waals surface area contributed by atoms with E-state index in [4.69, 9.17) is 10.5 Å². The molecule has 0 radical (unpaired) electrons. The van der Waals surface area contributed by atoms with Crippen LogP contribution in [0, 0.1) is 18.3 Å². The van der Waals surface area contributed by atoms with Gasteiger partial charge in [0.25, 0.3) is 0 Å². The van der Waals surface area contributed by atoms with Gasteiger partial charge in [-0.25, -0.2) is 19.4 Å². The molecule has 5 rings (SSSR count). The molecule has 0 bridgehead atoms. The number of ether oxygens (including phenoxy) is 1. The molecule has 1 aromatic carbocycles. The van der Waals surface area contributed by atoms with Crippen LogP contribution in [0.15, 0.2) is 66.0 Å². The summed E-state index contributed by atoms with van der Waals surface area (Å²) in [6.45, 7) is 3.66. The summed E-state index contributed by atoms with van der Waals surface area (Å²) < 4.78 is 7.10. The van der Waals surface area contributed by atoms with E-state index >= 15 is 0 Å². The number of carboxylic acid groups (broad SMARTS) is 1. The van der Waals surface area contributed by atoms with Crippen LogP contribution in [-0.2, 0) is 16.1 Å². The van der Waals surface area contributed by atoms with Gasteiger partial charge in [0.1, 0.15) is 5.69 Å². The van der Waals surface area contributed by atoms with Crippen molar-refractivity contribution < 1.29 is 14.6 Å². The van der Waals surface area contributed by atoms with E-state index in [1.54, 1.807) is 16.8 Å². The number of morpholine rings is 1. The van der Waals surface area contributed by atoms with Gasteiger partial charge in [0.2, 0.25) is 5.95 Å². The molecule has 1 fully saturated rings. The van der Waals surface area contributed by atoms with Crippen molar-refractivity contribution in [3.05, 3.63) is 77.2 Å². The third-order valence-electron chi connectivity index (χ3n) is 6.81. The van der Waals surface area contributed by atoms with Gasteiger partial charge in [0.15, 0.2) is 6.04 Å². The van der Waals surface area contributed by atoms with Gasteiger partial charge in [-0.3, -0.25) is 0 Å². The van der Waals surface area contributed by atoms with Crippen molar-refractivity contribution in [1.29, 1.82) is 5.26 Å². The van der Waals surface area contributed by atoms with Crippen molar-refractivity contribution in [2.75, 3.05) is 25.5 Å². The molecule has 3 N–H and O–H groups in total. The van der Waals surface area contributed by atoms with Crippen LogP contribution in [0.1, 0.15) is 24.0 Å². The van der Waals surface area contributed by atoms with Gasteiger partial charge in [-0.05, 0) is 49.1 Å². The van der Waals surface area contributed by atoms with Crippen molar-refractivity contribution in [1.82, 2.24) is 29.9 Å². The first-order chi connectivity index (χ1) is 18.9. The van der Waals surface area contributed by atoms with Crippen molar-refractivity contribution >= 4 is 11.9 Å². The van der Waals surface area contributed by atoms with Crippen molar-refractivity contribution in [2.24, 2.45) is 0 Å². The summed E-state index contributed by atoms with van der Waals surface area (Å²) >= 11 is 0. The Labute approximate surface area is 225 Å². The zero-order chi connectivity index (χ0) is 27.4. The van der Waals surface area contributed by atoms with E-state index in [1.807, 2.05) is 48.4 Å². The highest BCUT2D eigenvalue weighted by molar-refractivity contribution is 5.74. The number of allylic oxidation sites excluding steroid dienone is 6. The van der Waals surface area contributed by atoms with Gasteiger partial charge in [0, 0.05) is 17.8 Å². The Hall–Kier alpha value is -4.82. The van der Waals surface area contributed by atoms with Gasteiger partial charge in [0.05, 0.1) is 49.0 Å².